The fourth-order valence-corrected chi connectivity index (χ4v) is 5.25. The molecule has 4 rings (SSSR count). The van der Waals surface area contributed by atoms with Crippen LogP contribution in [0.25, 0.3) is 0 Å². The molecule has 0 aliphatic carbocycles. The number of likely N-dealkylation sites (tertiary alicyclic amines) is 1. The maximum absolute atomic E-state index is 15.2. The molecule has 1 aromatic heterocycles. The lowest BCUT2D eigenvalue weighted by atomic mass is 9.90. The largest absolute Gasteiger partial charge is 0.377 e. The fraction of sp³-hybridized carbons (Fsp3) is 0.286. The van der Waals surface area contributed by atoms with E-state index in [9.17, 15) is 12.8 Å². The minimum atomic E-state index is -4.56. The highest BCUT2D eigenvalue weighted by atomic mass is 32.2. The number of nitrogens with zero attached hydrogens (tertiary/aromatic N) is 2. The molecule has 0 spiro atoms. The van der Waals surface area contributed by atoms with Crippen LogP contribution < -0.4 is 10.5 Å². The van der Waals surface area contributed by atoms with Crippen LogP contribution in [0.4, 0.5) is 14.5 Å². The summed E-state index contributed by atoms with van der Waals surface area (Å²) in [5, 5.41) is 10.0. The van der Waals surface area contributed by atoms with Gasteiger partial charge in [0.15, 0.2) is 10.7 Å². The van der Waals surface area contributed by atoms with E-state index in [4.69, 9.17) is 5.14 Å². The Kier molecular flexibility index (Phi) is 5.82. The van der Waals surface area contributed by atoms with Gasteiger partial charge in [-0.2, -0.15) is 0 Å². The molecule has 0 radical (unpaired) electrons. The number of nitrogens with two attached hydrogens (primary N) is 1. The van der Waals surface area contributed by atoms with Crippen molar-refractivity contribution in [1.29, 1.82) is 0 Å². The number of halogens is 2. The van der Waals surface area contributed by atoms with E-state index in [0.717, 1.165) is 12.6 Å². The van der Waals surface area contributed by atoms with Gasteiger partial charge in [0.1, 0.15) is 5.82 Å². The Morgan fingerprint density at radius 2 is 1.97 bits per heavy atom. The number of primary sulfonamides is 1. The van der Waals surface area contributed by atoms with Crippen molar-refractivity contribution >= 4 is 27.0 Å². The monoisotopic (exact) mass is 464 g/mol. The molecule has 0 amide bonds. The topological polar surface area (TPSA) is 88.3 Å². The second-order valence-electron chi connectivity index (χ2n) is 8.05. The number of rotatable bonds is 7. The molecule has 1 aliphatic rings. The highest BCUT2D eigenvalue weighted by Gasteiger charge is 2.39. The molecule has 3 N–H and O–H groups in total. The van der Waals surface area contributed by atoms with Crippen molar-refractivity contribution in [2.24, 2.45) is 5.14 Å². The Morgan fingerprint density at radius 1 is 1.26 bits per heavy atom. The molecule has 0 atom stereocenters. The van der Waals surface area contributed by atoms with Crippen molar-refractivity contribution in [1.82, 2.24) is 9.88 Å². The lowest BCUT2D eigenvalue weighted by molar-refractivity contribution is 0.0905. The van der Waals surface area contributed by atoms with Gasteiger partial charge in [0.25, 0.3) is 0 Å². The molecular weight excluding hydrogens is 442 g/mol. The van der Waals surface area contributed by atoms with Crippen LogP contribution in [-0.2, 0) is 23.0 Å². The smallest absolute Gasteiger partial charge is 0.243 e. The van der Waals surface area contributed by atoms with E-state index in [1.165, 1.54) is 16.9 Å². The molecule has 1 saturated heterocycles. The zero-order chi connectivity index (χ0) is 22.2. The van der Waals surface area contributed by atoms with Crippen LogP contribution >= 0.6 is 11.3 Å². The van der Waals surface area contributed by atoms with E-state index in [1.807, 2.05) is 37.3 Å². The van der Waals surface area contributed by atoms with Gasteiger partial charge in [0.2, 0.25) is 10.0 Å². The number of thiazole rings is 1. The number of nitrogens with one attached hydrogen (secondary N) is 1. The molecule has 2 aromatic carbocycles. The van der Waals surface area contributed by atoms with E-state index in [-0.39, 0.29) is 17.7 Å². The van der Waals surface area contributed by atoms with Crippen molar-refractivity contribution in [2.45, 2.75) is 30.3 Å². The summed E-state index contributed by atoms with van der Waals surface area (Å²) in [5.41, 5.74) is 3.15. The van der Waals surface area contributed by atoms with Gasteiger partial charge in [-0.05, 0) is 18.6 Å². The molecule has 31 heavy (non-hydrogen) atoms. The maximum Gasteiger partial charge on any atom is 0.243 e. The first-order valence-electron chi connectivity index (χ1n) is 9.60. The standard InChI is InChI=1S/C21H22F2N4O2S2/c1-21(11-27(12-21)9-14-5-3-2-4-6-14)26-18-8-17(22)20(31(24,28)29)19(23)16(18)7-15-10-30-13-25-15/h2-6,8,10,13,26H,7,9,11-12H2,1H3,(H2,24,28,29). The summed E-state index contributed by atoms with van der Waals surface area (Å²) < 4.78 is 53.3. The van der Waals surface area contributed by atoms with Crippen molar-refractivity contribution in [2.75, 3.05) is 18.4 Å². The summed E-state index contributed by atoms with van der Waals surface area (Å²) >= 11 is 1.34. The normalized spacial score (nSPS) is 16.1. The summed E-state index contributed by atoms with van der Waals surface area (Å²) in [6, 6.07) is 11.0. The quantitative estimate of drug-likeness (QED) is 0.560. The van der Waals surface area contributed by atoms with Crippen molar-refractivity contribution in [3.05, 3.63) is 75.7 Å². The number of anilines is 1. The third kappa shape index (κ3) is 4.77. The van der Waals surface area contributed by atoms with Crippen molar-refractivity contribution in [3.63, 3.8) is 0 Å². The number of hydrogen-bond donors (Lipinski definition) is 2. The van der Waals surface area contributed by atoms with E-state index < -0.39 is 32.1 Å². The van der Waals surface area contributed by atoms with Gasteiger partial charge in [-0.1, -0.05) is 30.3 Å². The van der Waals surface area contributed by atoms with Crippen LogP contribution in [0.15, 0.2) is 52.2 Å². The SMILES string of the molecule is CC1(Nc2cc(F)c(S(N)(=O)=O)c(F)c2Cc2cscn2)CN(Cc2ccccc2)C1. The molecule has 10 heteroatoms. The Balaban J connectivity index is 1.60. The van der Waals surface area contributed by atoms with Gasteiger partial charge in [0, 0.05) is 42.7 Å². The zero-order valence-electron chi connectivity index (χ0n) is 16.8. The van der Waals surface area contributed by atoms with E-state index in [1.54, 1.807) is 10.9 Å². The van der Waals surface area contributed by atoms with Gasteiger partial charge >= 0.3 is 0 Å². The van der Waals surface area contributed by atoms with Gasteiger partial charge in [-0.3, -0.25) is 4.90 Å². The number of benzene rings is 2. The maximum atomic E-state index is 15.2. The highest BCUT2D eigenvalue weighted by Crippen LogP contribution is 2.34. The average Bonchev–Trinajstić information content (AvgIpc) is 3.16. The Bertz CT molecular complexity index is 1180. The fourth-order valence-electron chi connectivity index (χ4n) is 3.99. The van der Waals surface area contributed by atoms with Crippen molar-refractivity contribution < 1.29 is 17.2 Å². The predicted octanol–water partition coefficient (Wildman–Crippen LogP) is 3.35. The van der Waals surface area contributed by atoms with E-state index >= 15 is 4.39 Å². The second kappa shape index (κ2) is 8.27. The minimum Gasteiger partial charge on any atom is -0.377 e. The molecule has 3 aromatic rings. The van der Waals surface area contributed by atoms with Crippen LogP contribution in [0.5, 0.6) is 0 Å². The predicted molar refractivity (Wildman–Crippen MR) is 116 cm³/mol. The van der Waals surface area contributed by atoms with Gasteiger partial charge in [-0.25, -0.2) is 27.3 Å². The Labute approximate surface area is 183 Å². The summed E-state index contributed by atoms with van der Waals surface area (Å²) in [6.07, 6.45) is 0.0181. The molecule has 0 saturated carbocycles. The molecule has 0 bridgehead atoms. The lowest BCUT2D eigenvalue weighted by Gasteiger charge is -2.49. The van der Waals surface area contributed by atoms with Crippen LogP contribution in [0.3, 0.4) is 0 Å². The first-order valence-corrected chi connectivity index (χ1v) is 12.1. The first-order chi connectivity index (χ1) is 14.6. The summed E-state index contributed by atoms with van der Waals surface area (Å²) in [7, 11) is -4.56. The molecular formula is C21H22F2N4O2S2. The van der Waals surface area contributed by atoms with Gasteiger partial charge in [-0.15, -0.1) is 11.3 Å². The third-order valence-electron chi connectivity index (χ3n) is 5.23. The first kappa shape index (κ1) is 21.8. The van der Waals surface area contributed by atoms with Gasteiger partial charge in [0.05, 0.1) is 16.7 Å². The van der Waals surface area contributed by atoms with Crippen LogP contribution in [-0.4, -0.2) is 36.9 Å². The molecule has 6 nitrogen and oxygen atoms in total. The van der Waals surface area contributed by atoms with Crippen LogP contribution in [0, 0.1) is 11.6 Å². The van der Waals surface area contributed by atoms with Crippen LogP contribution in [0.2, 0.25) is 0 Å². The summed E-state index contributed by atoms with van der Waals surface area (Å²) in [5.74, 6) is -2.39. The Morgan fingerprint density at radius 3 is 2.58 bits per heavy atom. The summed E-state index contributed by atoms with van der Waals surface area (Å²) in [4.78, 5) is 5.24. The number of hydrogen-bond acceptors (Lipinski definition) is 6. The van der Waals surface area contributed by atoms with Gasteiger partial charge < -0.3 is 5.32 Å². The Hall–Kier alpha value is -2.40. The molecule has 0 unspecified atom stereocenters. The van der Waals surface area contributed by atoms with Crippen LogP contribution in [0.1, 0.15) is 23.7 Å². The zero-order valence-corrected chi connectivity index (χ0v) is 18.4. The van der Waals surface area contributed by atoms with E-state index in [2.05, 4.69) is 15.2 Å². The molecule has 164 valence electrons. The third-order valence-corrected chi connectivity index (χ3v) is 6.81. The van der Waals surface area contributed by atoms with Crippen molar-refractivity contribution in [3.8, 4) is 0 Å². The second-order valence-corrected chi connectivity index (χ2v) is 10.3. The average molecular weight is 465 g/mol. The van der Waals surface area contributed by atoms with E-state index in [0.29, 0.717) is 18.8 Å². The minimum absolute atomic E-state index is 0.0181. The number of sulfonamides is 1. The summed E-state index contributed by atoms with van der Waals surface area (Å²) in [6.45, 7) is 4.07. The number of aromatic nitrogens is 1. The highest BCUT2D eigenvalue weighted by molar-refractivity contribution is 7.89. The lowest BCUT2D eigenvalue weighted by Crippen LogP contribution is -2.63. The molecule has 1 aliphatic heterocycles. The molecule has 2 heterocycles. The molecule has 1 fully saturated rings.